The van der Waals surface area contributed by atoms with Crippen molar-refractivity contribution >= 4 is 16.9 Å². The smallest absolute Gasteiger partial charge is 0.223 e. The molecule has 3 aromatic rings. The average molecular weight is 450 g/mol. The second kappa shape index (κ2) is 11.2. The number of aromatic nitrogens is 2. The van der Waals surface area contributed by atoms with Crippen molar-refractivity contribution in [2.45, 2.75) is 64.5 Å². The van der Waals surface area contributed by atoms with E-state index in [0.717, 1.165) is 73.4 Å². The van der Waals surface area contributed by atoms with E-state index in [9.17, 15) is 4.79 Å². The van der Waals surface area contributed by atoms with Crippen LogP contribution in [0.3, 0.4) is 0 Å². The van der Waals surface area contributed by atoms with Crippen molar-refractivity contribution in [2.75, 3.05) is 13.7 Å². The van der Waals surface area contributed by atoms with Gasteiger partial charge in [0.05, 0.1) is 30.8 Å². The van der Waals surface area contributed by atoms with Crippen LogP contribution in [0.2, 0.25) is 0 Å². The van der Waals surface area contributed by atoms with Gasteiger partial charge in [-0.05, 0) is 56.9 Å². The van der Waals surface area contributed by atoms with Gasteiger partial charge in [-0.1, -0.05) is 43.5 Å². The Hall–Kier alpha value is -3.02. The van der Waals surface area contributed by atoms with Gasteiger partial charge in [-0.2, -0.15) is 0 Å². The molecule has 1 N–H and O–H groups in total. The van der Waals surface area contributed by atoms with Crippen LogP contribution in [-0.4, -0.2) is 29.2 Å². The monoisotopic (exact) mass is 449 g/mol. The molecule has 6 nitrogen and oxygen atoms in total. The summed E-state index contributed by atoms with van der Waals surface area (Å²) in [6, 6.07) is 15.8. The Morgan fingerprint density at radius 1 is 1.06 bits per heavy atom. The summed E-state index contributed by atoms with van der Waals surface area (Å²) in [5, 5.41) is 3.24. The van der Waals surface area contributed by atoms with E-state index >= 15 is 0 Å². The van der Waals surface area contributed by atoms with Crippen LogP contribution in [0.1, 0.15) is 63.7 Å². The zero-order valence-corrected chi connectivity index (χ0v) is 19.8. The number of carbonyl (C=O) groups is 1. The normalized spacial score (nSPS) is 15.3. The highest BCUT2D eigenvalue weighted by molar-refractivity contribution is 5.80. The van der Waals surface area contributed by atoms with Crippen molar-refractivity contribution in [1.29, 1.82) is 0 Å². The molecule has 0 saturated heterocycles. The Kier molecular flexibility index (Phi) is 7.87. The van der Waals surface area contributed by atoms with Crippen molar-refractivity contribution in [2.24, 2.45) is 5.92 Å². The van der Waals surface area contributed by atoms with Crippen molar-refractivity contribution in [3.05, 3.63) is 54.4 Å². The fourth-order valence-corrected chi connectivity index (χ4v) is 4.71. The zero-order valence-electron chi connectivity index (χ0n) is 19.8. The van der Waals surface area contributed by atoms with Crippen molar-refractivity contribution in [1.82, 2.24) is 14.9 Å². The summed E-state index contributed by atoms with van der Waals surface area (Å²) in [7, 11) is 1.65. The van der Waals surface area contributed by atoms with E-state index in [1.165, 1.54) is 6.42 Å². The predicted octanol–water partition coefficient (Wildman–Crippen LogP) is 5.66. The first kappa shape index (κ1) is 23.1. The van der Waals surface area contributed by atoms with Crippen molar-refractivity contribution in [3.8, 4) is 11.5 Å². The number of hydrogen-bond acceptors (Lipinski definition) is 4. The van der Waals surface area contributed by atoms with Crippen LogP contribution in [0.15, 0.2) is 48.5 Å². The first-order valence-corrected chi connectivity index (χ1v) is 12.2. The van der Waals surface area contributed by atoms with Crippen LogP contribution >= 0.6 is 0 Å². The number of ether oxygens (including phenoxy) is 2. The number of hydrogen-bond donors (Lipinski definition) is 1. The molecule has 1 heterocycles. The topological polar surface area (TPSA) is 65.4 Å². The van der Waals surface area contributed by atoms with Crippen molar-refractivity contribution < 1.29 is 14.3 Å². The van der Waals surface area contributed by atoms with E-state index in [0.29, 0.717) is 6.61 Å². The summed E-state index contributed by atoms with van der Waals surface area (Å²) in [4.78, 5) is 17.7. The number of carbonyl (C=O) groups excluding carboxylic acids is 1. The molecule has 1 aliphatic carbocycles. The summed E-state index contributed by atoms with van der Waals surface area (Å²) >= 11 is 0. The highest BCUT2D eigenvalue weighted by Gasteiger charge is 2.24. The van der Waals surface area contributed by atoms with Gasteiger partial charge in [0.2, 0.25) is 5.91 Å². The number of amides is 1. The van der Waals surface area contributed by atoms with Gasteiger partial charge in [-0.15, -0.1) is 0 Å². The average Bonchev–Trinajstić information content (AvgIpc) is 3.23. The minimum Gasteiger partial charge on any atom is -0.493 e. The molecule has 2 aromatic carbocycles. The van der Waals surface area contributed by atoms with Crippen LogP contribution in [0.25, 0.3) is 11.0 Å². The molecule has 4 rings (SSSR count). The van der Waals surface area contributed by atoms with E-state index in [2.05, 4.69) is 16.0 Å². The Balaban J connectivity index is 1.39. The second-order valence-electron chi connectivity index (χ2n) is 8.88. The lowest BCUT2D eigenvalue weighted by atomic mass is 9.88. The van der Waals surface area contributed by atoms with Crippen LogP contribution in [0.4, 0.5) is 0 Å². The first-order valence-electron chi connectivity index (χ1n) is 12.2. The molecule has 0 aliphatic heterocycles. The third-order valence-electron chi connectivity index (χ3n) is 6.51. The minimum atomic E-state index is -0.128. The number of aryl methyl sites for hydroxylation is 1. The number of rotatable bonds is 10. The van der Waals surface area contributed by atoms with E-state index in [-0.39, 0.29) is 17.9 Å². The lowest BCUT2D eigenvalue weighted by molar-refractivity contribution is -0.126. The number of methoxy groups -OCH3 is 1. The third-order valence-corrected chi connectivity index (χ3v) is 6.51. The molecule has 0 bridgehead atoms. The molecule has 1 fully saturated rings. The van der Waals surface area contributed by atoms with Gasteiger partial charge in [-0.3, -0.25) is 4.79 Å². The fourth-order valence-electron chi connectivity index (χ4n) is 4.71. The molecule has 1 unspecified atom stereocenters. The summed E-state index contributed by atoms with van der Waals surface area (Å²) in [6.45, 7) is 3.49. The van der Waals surface area contributed by atoms with E-state index in [1.54, 1.807) is 7.11 Å². The second-order valence-corrected chi connectivity index (χ2v) is 8.88. The molecule has 1 amide bonds. The molecule has 33 heavy (non-hydrogen) atoms. The maximum Gasteiger partial charge on any atom is 0.223 e. The number of para-hydroxylation sites is 4. The van der Waals surface area contributed by atoms with Crippen LogP contribution in [0.5, 0.6) is 11.5 Å². The van der Waals surface area contributed by atoms with E-state index in [4.69, 9.17) is 14.5 Å². The number of unbranched alkanes of at least 4 members (excludes halogenated alkanes) is 1. The molecule has 176 valence electrons. The third kappa shape index (κ3) is 5.67. The highest BCUT2D eigenvalue weighted by Crippen LogP contribution is 2.27. The van der Waals surface area contributed by atoms with Gasteiger partial charge >= 0.3 is 0 Å². The Morgan fingerprint density at radius 3 is 2.58 bits per heavy atom. The van der Waals surface area contributed by atoms with Gasteiger partial charge in [0.15, 0.2) is 11.5 Å². The first-order chi connectivity index (χ1) is 16.2. The highest BCUT2D eigenvalue weighted by atomic mass is 16.5. The van der Waals surface area contributed by atoms with Gasteiger partial charge < -0.3 is 19.4 Å². The fraction of sp³-hybridized carbons (Fsp3) is 0.481. The van der Waals surface area contributed by atoms with Crippen LogP contribution < -0.4 is 14.8 Å². The number of imidazole rings is 1. The Bertz CT molecular complexity index is 1060. The van der Waals surface area contributed by atoms with Gasteiger partial charge in [-0.25, -0.2) is 4.98 Å². The quantitative estimate of drug-likeness (QED) is 0.406. The molecule has 1 saturated carbocycles. The Morgan fingerprint density at radius 2 is 1.79 bits per heavy atom. The number of benzene rings is 2. The molecular formula is C27H35N3O3. The zero-order chi connectivity index (χ0) is 23.0. The van der Waals surface area contributed by atoms with Gasteiger partial charge in [0.25, 0.3) is 0 Å². The largest absolute Gasteiger partial charge is 0.493 e. The minimum absolute atomic E-state index is 0.128. The number of nitrogens with one attached hydrogen (secondary N) is 1. The van der Waals surface area contributed by atoms with Gasteiger partial charge in [0, 0.05) is 12.5 Å². The van der Waals surface area contributed by atoms with Crippen LogP contribution in [-0.2, 0) is 11.3 Å². The number of nitrogens with zero attached hydrogens (tertiary/aromatic N) is 2. The molecule has 1 atom stereocenters. The predicted molar refractivity (Wildman–Crippen MR) is 131 cm³/mol. The van der Waals surface area contributed by atoms with Crippen molar-refractivity contribution in [3.63, 3.8) is 0 Å². The maximum absolute atomic E-state index is 12.8. The Labute approximate surface area is 196 Å². The summed E-state index contributed by atoms with van der Waals surface area (Å²) < 4.78 is 13.5. The molecule has 6 heteroatoms. The molecule has 1 aromatic heterocycles. The maximum atomic E-state index is 12.8. The lowest BCUT2D eigenvalue weighted by Gasteiger charge is -2.23. The summed E-state index contributed by atoms with van der Waals surface area (Å²) in [6.07, 6.45) is 7.42. The number of fused-ring (bicyclic) bond motifs is 1. The van der Waals surface area contributed by atoms with Gasteiger partial charge in [0.1, 0.15) is 5.82 Å². The SMILES string of the molecule is COc1ccccc1OCCCCn1c(C(C)NC(=O)C2CCCCC2)nc2ccccc21. The summed E-state index contributed by atoms with van der Waals surface area (Å²) in [5.74, 6) is 2.76. The molecule has 0 radical (unpaired) electrons. The summed E-state index contributed by atoms with van der Waals surface area (Å²) in [5.41, 5.74) is 2.08. The standard InChI is InChI=1S/C27H35N3O3/c1-20(28-27(31)21-12-4-3-5-13-21)26-29-22-14-6-7-15-23(22)30(26)18-10-11-19-33-25-17-9-8-16-24(25)32-2/h6-9,14-17,20-21H,3-5,10-13,18-19H2,1-2H3,(H,28,31). The van der Waals surface area contributed by atoms with E-state index < -0.39 is 0 Å². The molecule has 1 aliphatic rings. The molecular weight excluding hydrogens is 414 g/mol. The lowest BCUT2D eigenvalue weighted by Crippen LogP contribution is -2.35. The van der Waals surface area contributed by atoms with E-state index in [1.807, 2.05) is 49.4 Å². The molecule has 0 spiro atoms. The van der Waals surface area contributed by atoms with Crippen LogP contribution in [0, 0.1) is 5.92 Å².